The smallest absolute Gasteiger partial charge is 0.268 e. The molecule has 0 N–H and O–H groups in total. The van der Waals surface area contributed by atoms with Gasteiger partial charge >= 0.3 is 10.4 Å². The zero-order valence-electron chi connectivity index (χ0n) is 9.93. The summed E-state index contributed by atoms with van der Waals surface area (Å²) in [6.07, 6.45) is 0. The molecule has 1 aromatic heterocycles. The molecule has 0 amide bonds. The molecule has 5 heteroatoms. The molecular weight excluding hydrogens is 276 g/mol. The van der Waals surface area contributed by atoms with Gasteiger partial charge in [0.25, 0.3) is 0 Å². The summed E-state index contributed by atoms with van der Waals surface area (Å²) in [4.78, 5) is 12.2. The molecule has 1 heterocycles. The third kappa shape index (κ3) is 2.22. The van der Waals surface area contributed by atoms with Crippen molar-refractivity contribution in [2.45, 2.75) is 0 Å². The second-order valence-electron chi connectivity index (χ2n) is 3.99. The number of para-hydroxylation sites is 1. The molecule has 0 aliphatic rings. The number of hydrogen-bond acceptors (Lipinski definition) is 3. The lowest BCUT2D eigenvalue weighted by atomic mass is 10.2. The molecule has 0 aliphatic carbocycles. The number of benzene rings is 2. The number of rotatable bonds is 2. The van der Waals surface area contributed by atoms with Crippen LogP contribution in [0.15, 0.2) is 65.5 Å². The van der Waals surface area contributed by atoms with E-state index in [2.05, 4.69) is 12.8 Å². The number of nitrogens with zero attached hydrogens (tertiary/aromatic N) is 2. The minimum atomic E-state index is -0.00921. The van der Waals surface area contributed by atoms with Gasteiger partial charge in [0.05, 0.1) is 17.1 Å². The maximum atomic E-state index is 12.2. The van der Waals surface area contributed by atoms with Gasteiger partial charge in [-0.1, -0.05) is 40.5 Å². The fraction of sp³-hybridized carbons (Fsp3) is 0. The van der Waals surface area contributed by atoms with Gasteiger partial charge in [-0.2, -0.15) is 0 Å². The van der Waals surface area contributed by atoms with Crippen LogP contribution in [0.4, 0.5) is 0 Å². The van der Waals surface area contributed by atoms with Crippen molar-refractivity contribution >= 4 is 24.3 Å². The molecule has 0 saturated heterocycles. The summed E-state index contributed by atoms with van der Waals surface area (Å²) in [5.41, 5.74) is 2.37. The Morgan fingerprint density at radius 1 is 0.947 bits per heavy atom. The molecule has 0 radical (unpaired) electrons. The minimum absolute atomic E-state index is 0.00921. The highest BCUT2D eigenvalue weighted by atomic mass is 32.1. The summed E-state index contributed by atoms with van der Waals surface area (Å²) in [7, 11) is 0. The lowest BCUT2D eigenvalue weighted by Gasteiger charge is -1.97. The maximum absolute atomic E-state index is 12.2. The first-order valence-electron chi connectivity index (χ1n) is 5.76. The summed E-state index contributed by atoms with van der Waals surface area (Å²) < 4.78 is 3.36. The van der Waals surface area contributed by atoms with Gasteiger partial charge in [0, 0.05) is 0 Å². The molecule has 0 atom stereocenters. The molecule has 94 valence electrons. The molecule has 3 aromatic rings. The quantitative estimate of drug-likeness (QED) is 0.569. The van der Waals surface area contributed by atoms with E-state index in [0.717, 1.165) is 22.8 Å². The average Bonchev–Trinajstić information content (AvgIpc) is 2.76. The highest BCUT2D eigenvalue weighted by Gasteiger charge is 2.24. The lowest BCUT2D eigenvalue weighted by molar-refractivity contribution is -0.560. The van der Waals surface area contributed by atoms with Crippen LogP contribution in [-0.2, 0) is 0 Å². The predicted octanol–water partition coefficient (Wildman–Crippen LogP) is 2.55. The Kier molecular flexibility index (Phi) is 3.23. The Bertz CT molecular complexity index is 748. The van der Waals surface area contributed by atoms with Crippen LogP contribution in [0.5, 0.6) is 0 Å². The molecule has 0 fully saturated rings. The van der Waals surface area contributed by atoms with Crippen LogP contribution >= 0.6 is 24.3 Å². The first-order chi connectivity index (χ1) is 9.27. The summed E-state index contributed by atoms with van der Waals surface area (Å²) in [6, 6.07) is 19.3. The van der Waals surface area contributed by atoms with Gasteiger partial charge in [0.2, 0.25) is 0 Å². The SMILES string of the molecule is O=c1sn(-c2ccccc2)[n+](S)c1-c1ccccc1. The molecular formula is C14H11N2OS2+. The molecule has 0 bridgehead atoms. The standard InChI is InChI=1S/C14H11N2OS2/c17-14-13(11-7-3-1-4-8-11)15(18)16(19-14)12-9-5-2-6-10-12/h1-10,18H/q+1. The molecule has 2 aromatic carbocycles. The second kappa shape index (κ2) is 5.03. The Labute approximate surface area is 120 Å². The zero-order chi connectivity index (χ0) is 13.2. The predicted molar refractivity (Wildman–Crippen MR) is 79.9 cm³/mol. The minimum Gasteiger partial charge on any atom is -0.268 e. The van der Waals surface area contributed by atoms with Crippen molar-refractivity contribution in [1.29, 1.82) is 0 Å². The van der Waals surface area contributed by atoms with Crippen LogP contribution in [0.3, 0.4) is 0 Å². The first kappa shape index (κ1) is 12.2. The number of hydrogen-bond donors (Lipinski definition) is 1. The van der Waals surface area contributed by atoms with E-state index in [9.17, 15) is 4.79 Å². The van der Waals surface area contributed by atoms with Crippen molar-refractivity contribution in [3.8, 4) is 16.9 Å². The van der Waals surface area contributed by atoms with Crippen LogP contribution in [0.2, 0.25) is 0 Å². The van der Waals surface area contributed by atoms with Gasteiger partial charge in [0.1, 0.15) is 5.69 Å². The van der Waals surface area contributed by atoms with E-state index in [1.165, 1.54) is 0 Å². The first-order valence-corrected chi connectivity index (χ1v) is 6.93. The fourth-order valence-electron chi connectivity index (χ4n) is 1.88. The van der Waals surface area contributed by atoms with Crippen molar-refractivity contribution in [1.82, 2.24) is 4.07 Å². The van der Waals surface area contributed by atoms with E-state index in [1.54, 1.807) is 8.16 Å². The highest BCUT2D eigenvalue weighted by molar-refractivity contribution is 7.73. The van der Waals surface area contributed by atoms with Crippen molar-refractivity contribution in [2.75, 3.05) is 0 Å². The van der Waals surface area contributed by atoms with Gasteiger partial charge in [-0.25, -0.2) is 0 Å². The largest absolute Gasteiger partial charge is 0.328 e. The zero-order valence-corrected chi connectivity index (χ0v) is 11.6. The lowest BCUT2D eigenvalue weighted by Crippen LogP contribution is -2.33. The average molecular weight is 287 g/mol. The molecule has 0 saturated carbocycles. The monoisotopic (exact) mass is 287 g/mol. The van der Waals surface area contributed by atoms with E-state index in [0.29, 0.717) is 5.69 Å². The van der Waals surface area contributed by atoms with E-state index in [4.69, 9.17) is 0 Å². The van der Waals surface area contributed by atoms with Crippen molar-refractivity contribution in [3.05, 3.63) is 70.2 Å². The van der Waals surface area contributed by atoms with Crippen LogP contribution in [0, 0.1) is 0 Å². The Hall–Kier alpha value is -1.85. The Morgan fingerprint density at radius 2 is 1.53 bits per heavy atom. The van der Waals surface area contributed by atoms with Gasteiger partial charge in [-0.3, -0.25) is 4.79 Å². The van der Waals surface area contributed by atoms with E-state index in [1.807, 2.05) is 60.7 Å². The van der Waals surface area contributed by atoms with Crippen LogP contribution in [0.25, 0.3) is 16.9 Å². The maximum Gasteiger partial charge on any atom is 0.328 e. The van der Waals surface area contributed by atoms with Crippen LogP contribution in [0.1, 0.15) is 0 Å². The van der Waals surface area contributed by atoms with Crippen LogP contribution in [-0.4, -0.2) is 4.07 Å². The van der Waals surface area contributed by atoms with Crippen molar-refractivity contribution in [3.63, 3.8) is 0 Å². The second-order valence-corrected chi connectivity index (χ2v) is 5.27. The molecule has 0 unspecified atom stereocenters. The van der Waals surface area contributed by atoms with Crippen molar-refractivity contribution < 1.29 is 4.09 Å². The molecule has 3 rings (SSSR count). The topological polar surface area (TPSA) is 25.9 Å². The molecule has 3 nitrogen and oxygen atoms in total. The summed E-state index contributed by atoms with van der Waals surface area (Å²) >= 11 is 5.58. The van der Waals surface area contributed by atoms with Gasteiger partial charge in [-0.05, 0) is 28.4 Å². The summed E-state index contributed by atoms with van der Waals surface area (Å²) in [6.45, 7) is 0. The molecule has 19 heavy (non-hydrogen) atoms. The van der Waals surface area contributed by atoms with Gasteiger partial charge in [-0.15, -0.1) is 0 Å². The van der Waals surface area contributed by atoms with Crippen LogP contribution < -0.4 is 8.83 Å². The highest BCUT2D eigenvalue weighted by Crippen LogP contribution is 2.15. The Morgan fingerprint density at radius 3 is 2.16 bits per heavy atom. The number of aromatic nitrogens is 2. The van der Waals surface area contributed by atoms with E-state index < -0.39 is 0 Å². The van der Waals surface area contributed by atoms with Gasteiger partial charge < -0.3 is 0 Å². The summed E-state index contributed by atoms with van der Waals surface area (Å²) in [5, 5.41) is 0. The fourth-order valence-corrected chi connectivity index (χ4v) is 3.20. The third-order valence-corrected chi connectivity index (χ3v) is 4.17. The normalized spacial score (nSPS) is 10.6. The molecule has 0 spiro atoms. The van der Waals surface area contributed by atoms with Crippen molar-refractivity contribution in [2.24, 2.45) is 0 Å². The third-order valence-electron chi connectivity index (χ3n) is 2.76. The molecule has 0 aliphatic heterocycles. The van der Waals surface area contributed by atoms with E-state index >= 15 is 0 Å². The Balaban J connectivity index is 2.20. The van der Waals surface area contributed by atoms with E-state index in [-0.39, 0.29) is 4.74 Å². The van der Waals surface area contributed by atoms with Gasteiger partial charge in [0.15, 0.2) is 12.8 Å². The number of thiol groups is 1. The summed E-state index contributed by atoms with van der Waals surface area (Å²) in [5.74, 6) is 0.